The van der Waals surface area contributed by atoms with E-state index in [4.69, 9.17) is 9.11 Å². The van der Waals surface area contributed by atoms with Crippen LogP contribution in [0.1, 0.15) is 5.71 Å². The van der Waals surface area contributed by atoms with Crippen molar-refractivity contribution in [3.63, 3.8) is 0 Å². The molecule has 0 rings (SSSR count). The molecule has 0 aromatic carbocycles. The summed E-state index contributed by atoms with van der Waals surface area (Å²) < 4.78 is 60.1. The van der Waals surface area contributed by atoms with Crippen LogP contribution in [-0.2, 0) is 29.2 Å². The van der Waals surface area contributed by atoms with E-state index in [-0.39, 0.29) is 168 Å². The van der Waals surface area contributed by atoms with E-state index in [0.717, 1.165) is 0 Å². The Morgan fingerprint density at radius 2 is 1.06 bits per heavy atom. The molecule has 2 N–H and O–H groups in total. The second kappa shape index (κ2) is 14.3. The van der Waals surface area contributed by atoms with E-state index in [1.807, 2.05) is 0 Å². The Kier molecular flexibility index (Phi) is 28.9. The fraction of sp³-hybridized carbons (Fsp3) is 0. The van der Waals surface area contributed by atoms with Gasteiger partial charge in [-0.15, -0.1) is 0 Å². The zero-order valence-corrected chi connectivity index (χ0v) is 20.9. The molecule has 0 unspecified atom stereocenters. The predicted octanol–water partition coefficient (Wildman–Crippen LogP) is -12.8. The average molecular weight is 350 g/mol. The molecule has 0 aromatic heterocycles. The smallest absolute Gasteiger partial charge is 1.00 e. The SMILES string of the molecule is O=C(OS(=O)(=O)O)OS(=O)(=O)O.[H-].[H-].[H-].[H-].[K+].[K+].[Na+].[Na+]. The average Bonchev–Trinajstić information content (AvgIpc) is 1.49. The van der Waals surface area contributed by atoms with Gasteiger partial charge in [-0.05, 0) is 0 Å². The number of rotatable bonds is 2. The molecule has 0 fully saturated rings. The third kappa shape index (κ3) is 26.8. The molecule has 80 valence electrons. The van der Waals surface area contributed by atoms with E-state index in [1.165, 1.54) is 0 Å². The fourth-order valence-corrected chi connectivity index (χ4v) is 0.641. The Labute approximate surface area is 227 Å². The minimum absolute atomic E-state index is 0. The van der Waals surface area contributed by atoms with E-state index in [1.54, 1.807) is 0 Å². The molecule has 0 aromatic rings. The van der Waals surface area contributed by atoms with Crippen molar-refractivity contribution in [3.05, 3.63) is 0 Å². The van der Waals surface area contributed by atoms with Crippen LogP contribution in [0.5, 0.6) is 0 Å². The molecule has 0 bridgehead atoms. The first kappa shape index (κ1) is 32.3. The molecule has 0 saturated heterocycles. The summed E-state index contributed by atoms with van der Waals surface area (Å²) in [6.45, 7) is 0. The van der Waals surface area contributed by atoms with Crippen LogP contribution in [0.15, 0.2) is 0 Å². The van der Waals surface area contributed by atoms with Crippen LogP contribution in [0.3, 0.4) is 0 Å². The zero-order chi connectivity index (χ0) is 9.99. The summed E-state index contributed by atoms with van der Waals surface area (Å²) >= 11 is 0. The number of carbonyl (C=O) groups excluding carboxylic acids is 1. The van der Waals surface area contributed by atoms with Gasteiger partial charge in [-0.1, -0.05) is 0 Å². The maximum atomic E-state index is 9.95. The largest absolute Gasteiger partial charge is 1.00 e. The Balaban J connectivity index is -0.0000000216. The van der Waals surface area contributed by atoms with Crippen LogP contribution in [-0.4, -0.2) is 32.1 Å². The van der Waals surface area contributed by atoms with Crippen molar-refractivity contribution in [2.45, 2.75) is 0 Å². The van der Waals surface area contributed by atoms with Crippen molar-refractivity contribution < 1.29 is 207 Å². The summed E-state index contributed by atoms with van der Waals surface area (Å²) in [4.78, 5) is 9.95. The molecule has 0 spiro atoms. The second-order valence-corrected chi connectivity index (χ2v) is 3.32. The number of hydrogen-bond acceptors (Lipinski definition) is 7. The summed E-state index contributed by atoms with van der Waals surface area (Å²) in [7, 11) is -10.3. The third-order valence-corrected chi connectivity index (χ3v) is 1.04. The van der Waals surface area contributed by atoms with Gasteiger partial charge in [-0.2, -0.15) is 16.8 Å². The summed E-state index contributed by atoms with van der Waals surface area (Å²) in [5, 5.41) is 0. The van der Waals surface area contributed by atoms with Gasteiger partial charge in [0.2, 0.25) is 0 Å². The van der Waals surface area contributed by atoms with Gasteiger partial charge >= 0.3 is 189 Å². The molecule has 0 aliphatic rings. The van der Waals surface area contributed by atoms with Crippen molar-refractivity contribution in [2.75, 3.05) is 0 Å². The topological polar surface area (TPSA) is 144 Å². The standard InChI is InChI=1S/CH2O9S2.2K.2Na.4H/c2-1(9-11(3,4)5)10-12(6,7)8;;;;;;;;/h(H,3,4,5)(H,6,7,8);;;;;;;;/q;4*+1;4*-1. The molecule has 0 atom stereocenters. The number of carbonyl (C=O) groups is 1. The van der Waals surface area contributed by atoms with Crippen molar-refractivity contribution in [1.29, 1.82) is 0 Å². The van der Waals surface area contributed by atoms with Crippen LogP contribution < -0.4 is 162 Å². The molecule has 16 heavy (non-hydrogen) atoms. The molecule has 0 heterocycles. The van der Waals surface area contributed by atoms with Crippen molar-refractivity contribution in [3.8, 4) is 0 Å². The van der Waals surface area contributed by atoms with Gasteiger partial charge in [0.05, 0.1) is 0 Å². The summed E-state index contributed by atoms with van der Waals surface area (Å²) in [5.41, 5.74) is 0. The van der Waals surface area contributed by atoms with E-state index in [9.17, 15) is 21.6 Å². The van der Waals surface area contributed by atoms with Gasteiger partial charge < -0.3 is 5.71 Å². The van der Waals surface area contributed by atoms with Crippen LogP contribution in [0.2, 0.25) is 0 Å². The fourth-order valence-electron chi connectivity index (χ4n) is 0.186. The van der Waals surface area contributed by atoms with Gasteiger partial charge in [0.25, 0.3) is 0 Å². The maximum Gasteiger partial charge on any atom is 1.00 e. The van der Waals surface area contributed by atoms with E-state index in [2.05, 4.69) is 8.37 Å². The molecule has 15 heteroatoms. The van der Waals surface area contributed by atoms with Gasteiger partial charge in [0.1, 0.15) is 0 Å². The summed E-state index contributed by atoms with van der Waals surface area (Å²) in [6.07, 6.45) is -2.29. The van der Waals surface area contributed by atoms with Gasteiger partial charge in [0, 0.05) is 0 Å². The molecule has 0 aliphatic heterocycles. The monoisotopic (exact) mass is 350 g/mol. The van der Waals surface area contributed by atoms with Crippen LogP contribution in [0.4, 0.5) is 4.79 Å². The maximum absolute atomic E-state index is 9.95. The zero-order valence-electron chi connectivity index (χ0n) is 13.1. The first-order valence-corrected chi connectivity index (χ1v) is 4.71. The van der Waals surface area contributed by atoms with Gasteiger partial charge in [-0.25, -0.2) is 4.79 Å². The quantitative estimate of drug-likeness (QED) is 0.366. The molecule has 0 aliphatic carbocycles. The Bertz CT molecular complexity index is 351. The van der Waals surface area contributed by atoms with E-state index in [0.29, 0.717) is 0 Å². The summed E-state index contributed by atoms with van der Waals surface area (Å²) in [5.74, 6) is 0. The van der Waals surface area contributed by atoms with Crippen LogP contribution in [0.25, 0.3) is 0 Å². The van der Waals surface area contributed by atoms with Gasteiger partial charge in [0.15, 0.2) is 0 Å². The van der Waals surface area contributed by atoms with E-state index >= 15 is 0 Å². The molecular weight excluding hydrogens is 344 g/mol. The van der Waals surface area contributed by atoms with Crippen molar-refractivity contribution >= 4 is 27.0 Å². The van der Waals surface area contributed by atoms with Crippen LogP contribution >= 0.6 is 0 Å². The predicted molar refractivity (Wildman–Crippen MR) is 35.1 cm³/mol. The Hall–Kier alpha value is 4.36. The Morgan fingerprint density at radius 1 is 0.875 bits per heavy atom. The molecule has 0 amide bonds. The Morgan fingerprint density at radius 3 is 1.19 bits per heavy atom. The van der Waals surface area contributed by atoms with Crippen molar-refractivity contribution in [1.82, 2.24) is 0 Å². The summed E-state index contributed by atoms with van der Waals surface area (Å²) in [6, 6.07) is 0. The van der Waals surface area contributed by atoms with Crippen LogP contribution in [0, 0.1) is 0 Å². The molecule has 9 nitrogen and oxygen atoms in total. The first-order chi connectivity index (χ1) is 5.10. The van der Waals surface area contributed by atoms with Gasteiger partial charge in [-0.3, -0.25) is 17.5 Å². The first-order valence-electron chi connectivity index (χ1n) is 1.98. The molecule has 0 saturated carbocycles. The van der Waals surface area contributed by atoms with E-state index < -0.39 is 27.0 Å². The third-order valence-electron chi connectivity index (χ3n) is 0.347. The minimum Gasteiger partial charge on any atom is -1.00 e. The molecular formula is CH6K2Na2O9S2. The second-order valence-electron chi connectivity index (χ2n) is 1.27. The minimum atomic E-state index is -5.15. The van der Waals surface area contributed by atoms with Crippen molar-refractivity contribution in [2.24, 2.45) is 0 Å². The number of hydrogen-bond donors (Lipinski definition) is 2. The molecule has 0 radical (unpaired) electrons. The normalized spacial score (nSPS) is 9.12.